The highest BCUT2D eigenvalue weighted by atomic mass is 32.2. The average Bonchev–Trinajstić information content (AvgIpc) is 3.39. The van der Waals surface area contributed by atoms with Gasteiger partial charge in [0.05, 0.1) is 37.3 Å². The van der Waals surface area contributed by atoms with Crippen LogP contribution in [-0.4, -0.2) is 38.5 Å². The first kappa shape index (κ1) is 29.5. The van der Waals surface area contributed by atoms with E-state index in [1.807, 2.05) is 20.8 Å². The normalized spacial score (nSPS) is 18.0. The highest BCUT2D eigenvalue weighted by Crippen LogP contribution is 2.40. The molecule has 212 valence electrons. The second-order valence-corrected chi connectivity index (χ2v) is 12.7. The standard InChI is InChI=1S/C27H31N5O6S2/c1-27(2,3)31-40(37)24-14-19(30-26(34)38-21-11-9-20(10-12-21)32(35)36)8-13-22(24)23-15-28-25(39-23)17-4-6-18(7-5-17)29-16-33/h8-18,31H,4-7H2,1-3H3,(H,29,33)(H,30,34). The van der Waals surface area contributed by atoms with Crippen LogP contribution in [-0.2, 0) is 16.2 Å². The summed E-state index contributed by atoms with van der Waals surface area (Å²) >= 11 is -0.0481. The molecular formula is C27H31N5O6S2. The van der Waals surface area contributed by atoms with Gasteiger partial charge in [-0.25, -0.2) is 9.78 Å². The second kappa shape index (κ2) is 12.8. The Bertz CT molecular complexity index is 1350. The van der Waals surface area contributed by atoms with Crippen molar-refractivity contribution in [2.75, 3.05) is 5.32 Å². The van der Waals surface area contributed by atoms with E-state index in [2.05, 4.69) is 20.3 Å². The van der Waals surface area contributed by atoms with E-state index in [1.165, 1.54) is 24.3 Å². The van der Waals surface area contributed by atoms with E-state index in [1.54, 1.807) is 35.7 Å². The smallest absolute Gasteiger partial charge is 0.417 e. The summed E-state index contributed by atoms with van der Waals surface area (Å²) in [7, 11) is 0. The molecule has 40 heavy (non-hydrogen) atoms. The number of ether oxygens (including phenoxy) is 1. The molecule has 2 aromatic carbocycles. The van der Waals surface area contributed by atoms with Gasteiger partial charge in [0.15, 0.2) is 4.90 Å². The number of hydrogen-bond donors (Lipinski definition) is 3. The van der Waals surface area contributed by atoms with Gasteiger partial charge in [0.2, 0.25) is 6.41 Å². The molecule has 13 heteroatoms. The summed E-state index contributed by atoms with van der Waals surface area (Å²) in [6, 6.07) is 10.5. The molecule has 0 spiro atoms. The monoisotopic (exact) mass is 585 g/mol. The highest BCUT2D eigenvalue weighted by molar-refractivity contribution is 7.89. The van der Waals surface area contributed by atoms with Gasteiger partial charge in [0.1, 0.15) is 5.75 Å². The number of rotatable bonds is 9. The van der Waals surface area contributed by atoms with E-state index in [9.17, 15) is 24.3 Å². The first-order chi connectivity index (χ1) is 19.0. The molecule has 1 atom stereocenters. The van der Waals surface area contributed by atoms with E-state index in [0.717, 1.165) is 47.5 Å². The number of amides is 2. The zero-order valence-corrected chi connectivity index (χ0v) is 24.0. The number of carbonyl (C=O) groups excluding carboxylic acids is 2. The van der Waals surface area contributed by atoms with Crippen molar-refractivity contribution in [1.82, 2.24) is 15.0 Å². The molecule has 1 aromatic heterocycles. The van der Waals surface area contributed by atoms with Crippen LogP contribution < -0.4 is 20.1 Å². The third-order valence-corrected chi connectivity index (χ3v) is 8.98. The number of nitro benzene ring substituents is 1. The first-order valence-electron chi connectivity index (χ1n) is 12.7. The van der Waals surface area contributed by atoms with Crippen molar-refractivity contribution in [3.63, 3.8) is 0 Å². The SMILES string of the molecule is CC(C)(C)N[S+]([O-])c1cc(NC(=O)Oc2ccc([N+](=O)[O-])cc2)ccc1-c1cnc(C2CCC(NC=O)CC2)s1. The quantitative estimate of drug-likeness (QED) is 0.128. The molecule has 0 saturated heterocycles. The lowest BCUT2D eigenvalue weighted by atomic mass is 9.86. The van der Waals surface area contributed by atoms with Crippen molar-refractivity contribution in [3.05, 3.63) is 63.8 Å². The summed E-state index contributed by atoms with van der Waals surface area (Å²) in [5.74, 6) is 0.450. The number of hydrogen-bond acceptors (Lipinski definition) is 9. The fraction of sp³-hybridized carbons (Fsp3) is 0.370. The summed E-state index contributed by atoms with van der Waals surface area (Å²) < 4.78 is 21.8. The van der Waals surface area contributed by atoms with Crippen molar-refractivity contribution in [1.29, 1.82) is 0 Å². The van der Waals surface area contributed by atoms with Crippen LogP contribution in [0.4, 0.5) is 16.2 Å². The predicted octanol–water partition coefficient (Wildman–Crippen LogP) is 5.51. The third-order valence-electron chi connectivity index (χ3n) is 6.25. The molecule has 2 amide bonds. The highest BCUT2D eigenvalue weighted by Gasteiger charge is 2.28. The van der Waals surface area contributed by atoms with Crippen LogP contribution in [0.3, 0.4) is 0 Å². The van der Waals surface area contributed by atoms with Crippen molar-refractivity contribution < 1.29 is 23.8 Å². The Morgan fingerprint density at radius 3 is 2.48 bits per heavy atom. The van der Waals surface area contributed by atoms with Crippen molar-refractivity contribution in [2.24, 2.45) is 0 Å². The molecule has 0 aliphatic heterocycles. The number of carbonyl (C=O) groups is 2. The van der Waals surface area contributed by atoms with E-state index in [-0.39, 0.29) is 17.5 Å². The van der Waals surface area contributed by atoms with Gasteiger partial charge in [0, 0.05) is 42.0 Å². The minimum Gasteiger partial charge on any atom is -0.593 e. The molecule has 1 fully saturated rings. The fourth-order valence-electron chi connectivity index (χ4n) is 4.38. The molecule has 3 aromatic rings. The maximum absolute atomic E-state index is 13.4. The number of aromatic nitrogens is 1. The maximum atomic E-state index is 13.4. The van der Waals surface area contributed by atoms with Gasteiger partial charge < -0.3 is 14.6 Å². The minimum atomic E-state index is -1.61. The molecule has 0 radical (unpaired) electrons. The molecule has 1 saturated carbocycles. The molecule has 4 rings (SSSR count). The first-order valence-corrected chi connectivity index (χ1v) is 14.7. The molecule has 1 heterocycles. The van der Waals surface area contributed by atoms with E-state index >= 15 is 0 Å². The number of benzene rings is 2. The Kier molecular flexibility index (Phi) is 9.40. The number of nitro groups is 1. The van der Waals surface area contributed by atoms with Crippen LogP contribution in [0.5, 0.6) is 5.75 Å². The van der Waals surface area contributed by atoms with Gasteiger partial charge in [0.25, 0.3) is 5.69 Å². The van der Waals surface area contributed by atoms with E-state index < -0.39 is 27.9 Å². The summed E-state index contributed by atoms with van der Waals surface area (Å²) in [5, 5.41) is 17.3. The zero-order valence-electron chi connectivity index (χ0n) is 22.3. The second-order valence-electron chi connectivity index (χ2n) is 10.5. The molecule has 3 N–H and O–H groups in total. The predicted molar refractivity (Wildman–Crippen MR) is 154 cm³/mol. The van der Waals surface area contributed by atoms with Crippen LogP contribution in [0, 0.1) is 10.1 Å². The summed E-state index contributed by atoms with van der Waals surface area (Å²) in [6.45, 7) is 5.73. The van der Waals surface area contributed by atoms with E-state index in [0.29, 0.717) is 16.5 Å². The van der Waals surface area contributed by atoms with Crippen LogP contribution in [0.15, 0.2) is 53.6 Å². The summed E-state index contributed by atoms with van der Waals surface area (Å²) in [6.07, 6.45) is 5.43. The lowest BCUT2D eigenvalue weighted by Gasteiger charge is -2.26. The average molecular weight is 586 g/mol. The lowest BCUT2D eigenvalue weighted by molar-refractivity contribution is -0.384. The topological polar surface area (TPSA) is 159 Å². The van der Waals surface area contributed by atoms with Gasteiger partial charge >= 0.3 is 6.09 Å². The zero-order chi connectivity index (χ0) is 28.9. The maximum Gasteiger partial charge on any atom is 0.417 e. The Morgan fingerprint density at radius 1 is 1.15 bits per heavy atom. The van der Waals surface area contributed by atoms with Crippen molar-refractivity contribution in [3.8, 4) is 16.2 Å². The molecular weight excluding hydrogens is 554 g/mol. The van der Waals surface area contributed by atoms with Gasteiger partial charge in [-0.1, -0.05) is 0 Å². The number of anilines is 1. The number of nitrogens with one attached hydrogen (secondary N) is 3. The van der Waals surface area contributed by atoms with Crippen LogP contribution in [0.25, 0.3) is 10.4 Å². The molecule has 1 unspecified atom stereocenters. The van der Waals surface area contributed by atoms with Crippen LogP contribution >= 0.6 is 11.3 Å². The molecule has 1 aliphatic carbocycles. The third kappa shape index (κ3) is 7.78. The Balaban J connectivity index is 1.53. The van der Waals surface area contributed by atoms with Gasteiger partial charge in [-0.2, -0.15) is 0 Å². The summed E-state index contributed by atoms with van der Waals surface area (Å²) in [5.41, 5.74) is 0.563. The number of nitrogens with zero attached hydrogens (tertiary/aromatic N) is 2. The molecule has 0 bridgehead atoms. The minimum absolute atomic E-state index is 0.115. The number of thiazole rings is 1. The summed E-state index contributed by atoms with van der Waals surface area (Å²) in [4.78, 5) is 39.6. The van der Waals surface area contributed by atoms with Crippen LogP contribution in [0.2, 0.25) is 0 Å². The van der Waals surface area contributed by atoms with E-state index in [4.69, 9.17) is 4.74 Å². The largest absolute Gasteiger partial charge is 0.593 e. The van der Waals surface area contributed by atoms with Crippen molar-refractivity contribution >= 4 is 46.6 Å². The van der Waals surface area contributed by atoms with Gasteiger partial charge in [-0.3, -0.25) is 20.2 Å². The van der Waals surface area contributed by atoms with Crippen LogP contribution in [0.1, 0.15) is 57.4 Å². The van der Waals surface area contributed by atoms with Gasteiger partial charge in [-0.05, 0) is 70.7 Å². The molecule has 1 aliphatic rings. The Morgan fingerprint density at radius 2 is 1.85 bits per heavy atom. The van der Waals surface area contributed by atoms with Gasteiger partial charge in [-0.15, -0.1) is 16.1 Å². The Labute approximate surface area is 239 Å². The van der Waals surface area contributed by atoms with Crippen molar-refractivity contribution in [2.45, 2.75) is 68.8 Å². The fourth-order valence-corrected chi connectivity index (χ4v) is 6.85. The Hall–Kier alpha value is -3.52. The molecule has 11 nitrogen and oxygen atoms in total. The number of non-ortho nitro benzene ring substituents is 1. The lowest BCUT2D eigenvalue weighted by Crippen LogP contribution is -2.40.